The quantitative estimate of drug-likeness (QED) is 0.677. The number of carbonyl (C=O) groups excluding carboxylic acids is 1. The fourth-order valence-electron chi connectivity index (χ4n) is 2.25. The molecule has 0 spiro atoms. The number of likely N-dealkylation sites (tertiary alicyclic amines) is 1. The zero-order valence-corrected chi connectivity index (χ0v) is 11.8. The smallest absolute Gasteiger partial charge is 0.153 e. The Balaban J connectivity index is 2.19. The van der Waals surface area contributed by atoms with E-state index in [4.69, 9.17) is 0 Å². The predicted molar refractivity (Wildman–Crippen MR) is 75.3 cm³/mol. The van der Waals surface area contributed by atoms with Crippen LogP contribution in [-0.4, -0.2) is 29.4 Å². The third kappa shape index (κ3) is 3.19. The van der Waals surface area contributed by atoms with Gasteiger partial charge in [-0.15, -0.1) is 0 Å². The van der Waals surface area contributed by atoms with Gasteiger partial charge in [-0.05, 0) is 60.7 Å². The van der Waals surface area contributed by atoms with Gasteiger partial charge in [0.15, 0.2) is 6.29 Å². The second-order valence-electron chi connectivity index (χ2n) is 4.46. The van der Waals surface area contributed by atoms with Crippen molar-refractivity contribution in [2.45, 2.75) is 25.8 Å². The number of carbonyl (C=O) groups is 1. The van der Waals surface area contributed by atoms with Crippen molar-refractivity contribution in [2.24, 2.45) is 0 Å². The van der Waals surface area contributed by atoms with E-state index in [0.717, 1.165) is 35.1 Å². The Morgan fingerprint density at radius 2 is 2.00 bits per heavy atom. The molecule has 1 saturated heterocycles. The van der Waals surface area contributed by atoms with Crippen LogP contribution in [0.1, 0.15) is 35.2 Å². The highest BCUT2D eigenvalue weighted by Gasteiger charge is 2.14. The lowest BCUT2D eigenvalue weighted by Crippen LogP contribution is -2.29. The first-order chi connectivity index (χ1) is 8.20. The number of hydrogen-bond acceptors (Lipinski definition) is 3. The minimum absolute atomic E-state index is 0.144. The maximum atomic E-state index is 10.8. The van der Waals surface area contributed by atoms with Crippen molar-refractivity contribution in [3.63, 3.8) is 0 Å². The maximum Gasteiger partial charge on any atom is 0.153 e. The van der Waals surface area contributed by atoms with Crippen LogP contribution in [0.15, 0.2) is 12.1 Å². The summed E-state index contributed by atoms with van der Waals surface area (Å²) >= 11 is 2.18. The highest BCUT2D eigenvalue weighted by molar-refractivity contribution is 14.1. The van der Waals surface area contributed by atoms with Crippen LogP contribution in [-0.2, 0) is 6.54 Å². The van der Waals surface area contributed by atoms with Crippen LogP contribution in [0.4, 0.5) is 0 Å². The van der Waals surface area contributed by atoms with E-state index < -0.39 is 0 Å². The summed E-state index contributed by atoms with van der Waals surface area (Å²) in [6.07, 6.45) is 4.47. The molecule has 17 heavy (non-hydrogen) atoms. The Labute approximate surface area is 115 Å². The summed E-state index contributed by atoms with van der Waals surface area (Å²) in [5, 5.41) is 9.98. The molecule has 0 radical (unpaired) electrons. The molecule has 0 aliphatic carbocycles. The number of hydrogen-bond donors (Lipinski definition) is 1. The third-order valence-corrected chi connectivity index (χ3v) is 3.78. The highest BCUT2D eigenvalue weighted by Crippen LogP contribution is 2.26. The Kier molecular flexibility index (Phi) is 4.39. The van der Waals surface area contributed by atoms with Gasteiger partial charge in [0, 0.05) is 15.7 Å². The molecule has 4 heteroatoms. The minimum atomic E-state index is 0.144. The second kappa shape index (κ2) is 5.82. The second-order valence-corrected chi connectivity index (χ2v) is 5.70. The van der Waals surface area contributed by atoms with E-state index >= 15 is 0 Å². The van der Waals surface area contributed by atoms with E-state index in [1.165, 1.54) is 19.3 Å². The number of phenolic OH excluding ortho intramolecular Hbond substituents is 1. The molecule has 0 bridgehead atoms. The molecule has 1 aromatic carbocycles. The Hall–Kier alpha value is -0.620. The van der Waals surface area contributed by atoms with Crippen LogP contribution in [0.5, 0.6) is 5.75 Å². The van der Waals surface area contributed by atoms with Gasteiger partial charge < -0.3 is 5.11 Å². The fourth-order valence-corrected chi connectivity index (χ4v) is 2.96. The van der Waals surface area contributed by atoms with Crippen LogP contribution in [0.25, 0.3) is 0 Å². The van der Waals surface area contributed by atoms with Crippen molar-refractivity contribution in [2.75, 3.05) is 13.1 Å². The van der Waals surface area contributed by atoms with Gasteiger partial charge in [0.25, 0.3) is 0 Å². The normalized spacial score (nSPS) is 17.0. The summed E-state index contributed by atoms with van der Waals surface area (Å²) in [6, 6.07) is 3.67. The summed E-state index contributed by atoms with van der Waals surface area (Å²) in [6.45, 7) is 2.91. The summed E-state index contributed by atoms with van der Waals surface area (Å²) in [7, 11) is 0. The van der Waals surface area contributed by atoms with Crippen LogP contribution in [0.3, 0.4) is 0 Å². The molecule has 0 aromatic heterocycles. The van der Waals surface area contributed by atoms with Gasteiger partial charge in [0.1, 0.15) is 5.75 Å². The van der Waals surface area contributed by atoms with E-state index in [9.17, 15) is 9.90 Å². The van der Waals surface area contributed by atoms with Gasteiger partial charge in [0.2, 0.25) is 0 Å². The number of benzene rings is 1. The Bertz CT molecular complexity index is 414. The molecule has 1 aromatic rings. The molecular weight excluding hydrogens is 329 g/mol. The maximum absolute atomic E-state index is 10.8. The van der Waals surface area contributed by atoms with E-state index in [-0.39, 0.29) is 5.75 Å². The van der Waals surface area contributed by atoms with Crippen LogP contribution in [0.2, 0.25) is 0 Å². The lowest BCUT2D eigenvalue weighted by molar-refractivity contribution is 0.112. The average molecular weight is 345 g/mol. The van der Waals surface area contributed by atoms with E-state index in [2.05, 4.69) is 27.5 Å². The first-order valence-electron chi connectivity index (χ1n) is 5.89. The van der Waals surface area contributed by atoms with Crippen molar-refractivity contribution in [1.29, 1.82) is 0 Å². The van der Waals surface area contributed by atoms with Gasteiger partial charge in [-0.2, -0.15) is 0 Å². The van der Waals surface area contributed by atoms with Gasteiger partial charge in [-0.3, -0.25) is 9.69 Å². The van der Waals surface area contributed by atoms with Crippen molar-refractivity contribution in [3.8, 4) is 5.75 Å². The lowest BCUT2D eigenvalue weighted by atomic mass is 10.1. The SMILES string of the molecule is O=Cc1cc(I)cc(CN2CCCCC2)c1O. The zero-order chi connectivity index (χ0) is 12.3. The number of rotatable bonds is 3. The summed E-state index contributed by atoms with van der Waals surface area (Å²) in [5.41, 5.74) is 1.25. The number of piperidine rings is 1. The highest BCUT2D eigenvalue weighted by atomic mass is 127. The molecule has 0 unspecified atom stereocenters. The molecule has 2 rings (SSSR count). The number of aldehydes is 1. The fraction of sp³-hybridized carbons (Fsp3) is 0.462. The molecule has 1 fully saturated rings. The average Bonchev–Trinajstić information content (AvgIpc) is 2.34. The van der Waals surface area contributed by atoms with Crippen molar-refractivity contribution in [1.82, 2.24) is 4.90 Å². The van der Waals surface area contributed by atoms with Crippen molar-refractivity contribution >= 4 is 28.9 Å². The van der Waals surface area contributed by atoms with Crippen molar-refractivity contribution in [3.05, 3.63) is 26.8 Å². The minimum Gasteiger partial charge on any atom is -0.507 e. The molecule has 0 atom stereocenters. The number of halogens is 1. The summed E-state index contributed by atoms with van der Waals surface area (Å²) in [4.78, 5) is 13.2. The van der Waals surface area contributed by atoms with Gasteiger partial charge >= 0.3 is 0 Å². The van der Waals surface area contributed by atoms with Gasteiger partial charge in [-0.25, -0.2) is 0 Å². The summed E-state index contributed by atoms with van der Waals surface area (Å²) in [5.74, 6) is 0.144. The molecule has 1 aliphatic rings. The van der Waals surface area contributed by atoms with E-state index in [1.54, 1.807) is 6.07 Å². The Morgan fingerprint density at radius 3 is 2.65 bits per heavy atom. The number of aromatic hydroxyl groups is 1. The molecule has 1 N–H and O–H groups in total. The summed E-state index contributed by atoms with van der Waals surface area (Å²) < 4.78 is 0.995. The van der Waals surface area contributed by atoms with Crippen molar-refractivity contribution < 1.29 is 9.90 Å². The molecule has 0 saturated carbocycles. The molecule has 92 valence electrons. The number of nitrogens with zero attached hydrogens (tertiary/aromatic N) is 1. The largest absolute Gasteiger partial charge is 0.507 e. The standard InChI is InChI=1S/C13H16INO2/c14-12-6-10(13(17)11(7-12)9-16)8-15-4-2-1-3-5-15/h6-7,9,17H,1-5,8H2. The topological polar surface area (TPSA) is 40.5 Å². The van der Waals surface area contributed by atoms with Crippen LogP contribution < -0.4 is 0 Å². The predicted octanol–water partition coefficient (Wildman–Crippen LogP) is 2.80. The van der Waals surface area contributed by atoms with Gasteiger partial charge in [0.05, 0.1) is 5.56 Å². The lowest BCUT2D eigenvalue weighted by Gasteiger charge is -2.26. The first kappa shape index (κ1) is 12.8. The molecular formula is C13H16INO2. The molecule has 0 amide bonds. The van der Waals surface area contributed by atoms with Gasteiger partial charge in [-0.1, -0.05) is 6.42 Å². The zero-order valence-electron chi connectivity index (χ0n) is 9.66. The third-order valence-electron chi connectivity index (χ3n) is 3.15. The van der Waals surface area contributed by atoms with E-state index in [1.807, 2.05) is 6.07 Å². The molecule has 3 nitrogen and oxygen atoms in total. The Morgan fingerprint density at radius 1 is 1.29 bits per heavy atom. The monoisotopic (exact) mass is 345 g/mol. The first-order valence-corrected chi connectivity index (χ1v) is 6.97. The van der Waals surface area contributed by atoms with E-state index in [0.29, 0.717) is 5.56 Å². The molecule has 1 aliphatic heterocycles. The van der Waals surface area contributed by atoms with Crippen LogP contribution in [0, 0.1) is 3.57 Å². The molecule has 1 heterocycles. The van der Waals surface area contributed by atoms with Crippen LogP contribution >= 0.6 is 22.6 Å². The number of phenols is 1.